The van der Waals surface area contributed by atoms with E-state index in [9.17, 15) is 9.59 Å². The molecular weight excluding hydrogens is 292 g/mol. The maximum Gasteiger partial charge on any atom is 0.349 e. The molecule has 3 rings (SSSR count). The zero-order valence-corrected chi connectivity index (χ0v) is 12.1. The van der Waals surface area contributed by atoms with Gasteiger partial charge in [0.1, 0.15) is 17.7 Å². The number of nitriles is 1. The second kappa shape index (κ2) is 6.16. The molecule has 0 bridgehead atoms. The summed E-state index contributed by atoms with van der Waals surface area (Å²) in [6.45, 7) is -0.158. The Morgan fingerprint density at radius 2 is 1.78 bits per heavy atom. The monoisotopic (exact) mass is 304 g/mol. The Bertz CT molecular complexity index is 955. The van der Waals surface area contributed by atoms with Crippen LogP contribution in [0.25, 0.3) is 11.0 Å². The predicted octanol–water partition coefficient (Wildman–Crippen LogP) is 2.96. The van der Waals surface area contributed by atoms with Gasteiger partial charge in [-0.25, -0.2) is 4.79 Å². The number of hydrogen-bond acceptors (Lipinski definition) is 4. The minimum Gasteiger partial charge on any atom is -0.422 e. The van der Waals surface area contributed by atoms with Crippen LogP contribution in [-0.4, -0.2) is 12.5 Å². The normalized spacial score (nSPS) is 10.2. The maximum atomic E-state index is 12.7. The van der Waals surface area contributed by atoms with Crippen molar-refractivity contribution in [3.05, 3.63) is 76.6 Å². The molecular formula is C18H12N2O3. The quantitative estimate of drug-likeness (QED) is 0.551. The third-order valence-corrected chi connectivity index (χ3v) is 3.41. The molecule has 0 fully saturated rings. The molecule has 1 aromatic heterocycles. The van der Waals surface area contributed by atoms with Crippen LogP contribution in [0.4, 0.5) is 5.69 Å². The van der Waals surface area contributed by atoms with Gasteiger partial charge in [0, 0.05) is 11.1 Å². The van der Waals surface area contributed by atoms with Gasteiger partial charge >= 0.3 is 5.63 Å². The lowest BCUT2D eigenvalue weighted by atomic mass is 10.1. The molecule has 0 aliphatic rings. The molecule has 0 saturated carbocycles. The molecule has 0 aliphatic carbocycles. The lowest BCUT2D eigenvalue weighted by molar-refractivity contribution is 0.0986. The number of benzene rings is 2. The zero-order chi connectivity index (χ0) is 16.2. The van der Waals surface area contributed by atoms with Crippen LogP contribution in [-0.2, 0) is 0 Å². The average Bonchev–Trinajstić information content (AvgIpc) is 2.59. The summed E-state index contributed by atoms with van der Waals surface area (Å²) in [5.74, 6) is -0.558. The van der Waals surface area contributed by atoms with Crippen molar-refractivity contribution in [2.45, 2.75) is 0 Å². The molecule has 1 heterocycles. The Morgan fingerprint density at radius 3 is 2.52 bits per heavy atom. The number of rotatable bonds is 3. The summed E-state index contributed by atoms with van der Waals surface area (Å²) in [6, 6.07) is 19.1. The highest BCUT2D eigenvalue weighted by Crippen LogP contribution is 2.18. The van der Waals surface area contributed by atoms with Crippen LogP contribution in [0.2, 0.25) is 0 Å². The summed E-state index contributed by atoms with van der Waals surface area (Å²) in [5, 5.41) is 9.64. The number of amides is 1. The number of nitrogens with zero attached hydrogens (tertiary/aromatic N) is 2. The molecule has 5 heteroatoms. The van der Waals surface area contributed by atoms with Crippen LogP contribution in [0.3, 0.4) is 0 Å². The Labute approximate surface area is 132 Å². The van der Waals surface area contributed by atoms with Gasteiger partial charge in [0.2, 0.25) is 0 Å². The molecule has 0 atom stereocenters. The number of anilines is 1. The highest BCUT2D eigenvalue weighted by molar-refractivity contribution is 6.07. The molecule has 0 N–H and O–H groups in total. The molecule has 0 aliphatic heterocycles. The molecule has 23 heavy (non-hydrogen) atoms. The van der Waals surface area contributed by atoms with Gasteiger partial charge in [-0.05, 0) is 24.3 Å². The van der Waals surface area contributed by atoms with E-state index in [2.05, 4.69) is 0 Å². The number of para-hydroxylation sites is 2. The van der Waals surface area contributed by atoms with E-state index in [4.69, 9.17) is 9.68 Å². The first-order chi connectivity index (χ1) is 11.2. The fraction of sp³-hybridized carbons (Fsp3) is 0.0556. The molecule has 112 valence electrons. The predicted molar refractivity (Wildman–Crippen MR) is 86.2 cm³/mol. The Kier molecular flexibility index (Phi) is 3.89. The molecule has 0 radical (unpaired) electrons. The fourth-order valence-electron chi connectivity index (χ4n) is 2.32. The molecule has 1 amide bonds. The lowest BCUT2D eigenvalue weighted by Gasteiger charge is -2.19. The Morgan fingerprint density at radius 1 is 1.09 bits per heavy atom. The number of fused-ring (bicyclic) bond motifs is 1. The third-order valence-electron chi connectivity index (χ3n) is 3.41. The first-order valence-corrected chi connectivity index (χ1v) is 6.97. The Balaban J connectivity index is 2.09. The van der Waals surface area contributed by atoms with E-state index in [0.29, 0.717) is 16.7 Å². The molecule has 0 unspecified atom stereocenters. The minimum absolute atomic E-state index is 0.0946. The van der Waals surface area contributed by atoms with Gasteiger partial charge in [-0.2, -0.15) is 5.26 Å². The molecule has 0 spiro atoms. The van der Waals surface area contributed by atoms with E-state index in [1.54, 1.807) is 48.5 Å². The van der Waals surface area contributed by atoms with Gasteiger partial charge in [0.05, 0.1) is 6.07 Å². The van der Waals surface area contributed by atoms with Crippen LogP contribution < -0.4 is 10.5 Å². The highest BCUT2D eigenvalue weighted by Gasteiger charge is 2.21. The maximum absolute atomic E-state index is 12.7. The largest absolute Gasteiger partial charge is 0.422 e. The van der Waals surface area contributed by atoms with E-state index in [0.717, 1.165) is 0 Å². The number of carbonyl (C=O) groups excluding carboxylic acids is 1. The molecule has 3 aromatic rings. The third kappa shape index (κ3) is 2.83. The van der Waals surface area contributed by atoms with E-state index in [-0.39, 0.29) is 12.1 Å². The van der Waals surface area contributed by atoms with E-state index in [1.807, 2.05) is 12.1 Å². The average molecular weight is 304 g/mol. The van der Waals surface area contributed by atoms with Gasteiger partial charge in [-0.3, -0.25) is 9.69 Å². The first kappa shape index (κ1) is 14.5. The van der Waals surface area contributed by atoms with E-state index in [1.165, 1.54) is 11.0 Å². The molecule has 5 nitrogen and oxygen atoms in total. The molecule has 2 aromatic carbocycles. The van der Waals surface area contributed by atoms with E-state index >= 15 is 0 Å². The van der Waals surface area contributed by atoms with Crippen molar-refractivity contribution in [2.75, 3.05) is 11.4 Å². The van der Waals surface area contributed by atoms with Crippen LogP contribution in [0, 0.1) is 11.3 Å². The summed E-state index contributed by atoms with van der Waals surface area (Å²) in [4.78, 5) is 26.1. The number of hydrogen-bond donors (Lipinski definition) is 0. The van der Waals surface area contributed by atoms with Crippen molar-refractivity contribution in [1.82, 2.24) is 0 Å². The van der Waals surface area contributed by atoms with Crippen molar-refractivity contribution in [3.63, 3.8) is 0 Å². The van der Waals surface area contributed by atoms with Crippen LogP contribution in [0.15, 0.2) is 69.9 Å². The fourth-order valence-corrected chi connectivity index (χ4v) is 2.32. The van der Waals surface area contributed by atoms with Crippen molar-refractivity contribution in [1.29, 1.82) is 5.26 Å². The minimum atomic E-state index is -0.715. The van der Waals surface area contributed by atoms with E-state index < -0.39 is 11.5 Å². The summed E-state index contributed by atoms with van der Waals surface area (Å²) >= 11 is 0. The standard InChI is InChI=1S/C18H12N2O3/c19-10-11-20(14-7-2-1-3-8-14)17(21)15-12-13-6-4-5-9-16(13)23-18(15)22/h1-9,12H,11H2. The molecule has 0 saturated heterocycles. The van der Waals surface area contributed by atoms with Crippen LogP contribution in [0.1, 0.15) is 10.4 Å². The lowest BCUT2D eigenvalue weighted by Crippen LogP contribution is -2.34. The van der Waals surface area contributed by atoms with Crippen LogP contribution >= 0.6 is 0 Å². The SMILES string of the molecule is N#CCN(C(=O)c1cc2ccccc2oc1=O)c1ccccc1. The second-order valence-corrected chi connectivity index (χ2v) is 4.87. The van der Waals surface area contributed by atoms with Crippen molar-refractivity contribution < 1.29 is 9.21 Å². The van der Waals surface area contributed by atoms with Gasteiger partial charge < -0.3 is 4.42 Å². The van der Waals surface area contributed by atoms with Gasteiger partial charge in [-0.1, -0.05) is 36.4 Å². The van der Waals surface area contributed by atoms with Crippen molar-refractivity contribution in [2.24, 2.45) is 0 Å². The summed E-state index contributed by atoms with van der Waals surface area (Å²) in [7, 11) is 0. The smallest absolute Gasteiger partial charge is 0.349 e. The van der Waals surface area contributed by atoms with Crippen molar-refractivity contribution in [3.8, 4) is 6.07 Å². The number of carbonyl (C=O) groups is 1. The van der Waals surface area contributed by atoms with Crippen molar-refractivity contribution >= 4 is 22.6 Å². The van der Waals surface area contributed by atoms with Gasteiger partial charge in [0.25, 0.3) is 5.91 Å². The summed E-state index contributed by atoms with van der Waals surface area (Å²) in [5.41, 5.74) is 0.155. The Hall–Kier alpha value is -3.39. The summed E-state index contributed by atoms with van der Waals surface area (Å²) in [6.07, 6.45) is 0. The summed E-state index contributed by atoms with van der Waals surface area (Å²) < 4.78 is 5.19. The van der Waals surface area contributed by atoms with Gasteiger partial charge in [-0.15, -0.1) is 0 Å². The first-order valence-electron chi connectivity index (χ1n) is 6.97. The highest BCUT2D eigenvalue weighted by atomic mass is 16.4. The van der Waals surface area contributed by atoms with Crippen LogP contribution in [0.5, 0.6) is 0 Å². The second-order valence-electron chi connectivity index (χ2n) is 4.87. The topological polar surface area (TPSA) is 74.3 Å². The van der Waals surface area contributed by atoms with Gasteiger partial charge in [0.15, 0.2) is 0 Å². The zero-order valence-electron chi connectivity index (χ0n) is 12.1.